The maximum atomic E-state index is 12.5. The summed E-state index contributed by atoms with van der Waals surface area (Å²) in [5.41, 5.74) is 2.36. The highest BCUT2D eigenvalue weighted by Gasteiger charge is 2.27. The fourth-order valence-corrected chi connectivity index (χ4v) is 4.55. The average molecular weight is 502 g/mol. The number of oxazole rings is 1. The van der Waals surface area contributed by atoms with Crippen LogP contribution in [0.1, 0.15) is 36.8 Å². The molecule has 1 aromatic heterocycles. The van der Waals surface area contributed by atoms with Crippen molar-refractivity contribution >= 4 is 16.2 Å². The number of nitrogens with zero attached hydrogens (tertiary/aromatic N) is 3. The molecule has 0 unspecified atom stereocenters. The van der Waals surface area contributed by atoms with Gasteiger partial charge in [0.15, 0.2) is 0 Å². The maximum Gasteiger partial charge on any atom is 0.318 e. The lowest BCUT2D eigenvalue weighted by Gasteiger charge is -2.24. The Kier molecular flexibility index (Phi) is 8.66. The molecule has 0 radical (unpaired) electrons. The molecule has 0 bridgehead atoms. The summed E-state index contributed by atoms with van der Waals surface area (Å²) >= 11 is 0. The fraction of sp³-hybridized carbons (Fsp3) is 0.360. The van der Waals surface area contributed by atoms with E-state index in [2.05, 4.69) is 4.98 Å². The summed E-state index contributed by atoms with van der Waals surface area (Å²) in [4.78, 5) is 15.9. The van der Waals surface area contributed by atoms with Gasteiger partial charge in [0.25, 0.3) is 10.2 Å². The first-order valence-corrected chi connectivity index (χ1v) is 12.6. The van der Waals surface area contributed by atoms with E-state index in [1.165, 1.54) is 14.1 Å². The van der Waals surface area contributed by atoms with Crippen LogP contribution in [0.2, 0.25) is 0 Å². The van der Waals surface area contributed by atoms with Gasteiger partial charge in [0.05, 0.1) is 12.3 Å². The monoisotopic (exact) mass is 501 g/mol. The fourth-order valence-electron chi connectivity index (χ4n) is 3.50. The van der Waals surface area contributed by atoms with Gasteiger partial charge < -0.3 is 14.3 Å². The lowest BCUT2D eigenvalue weighted by atomic mass is 10.1. The molecule has 0 aliphatic rings. The van der Waals surface area contributed by atoms with Gasteiger partial charge in [-0.15, -0.1) is 0 Å². The maximum absolute atomic E-state index is 12.5. The molecule has 0 spiro atoms. The summed E-state index contributed by atoms with van der Waals surface area (Å²) in [6.07, 6.45) is 0.536. The smallest absolute Gasteiger partial charge is 0.318 e. The third kappa shape index (κ3) is 6.91. The highest BCUT2D eigenvalue weighted by Crippen LogP contribution is 2.27. The predicted molar refractivity (Wildman–Crippen MR) is 132 cm³/mol. The van der Waals surface area contributed by atoms with Gasteiger partial charge in [-0.1, -0.05) is 44.2 Å². The summed E-state index contributed by atoms with van der Waals surface area (Å²) in [5, 5.41) is 9.16. The van der Waals surface area contributed by atoms with Gasteiger partial charge in [-0.3, -0.25) is 4.79 Å². The number of ether oxygens (including phenoxy) is 1. The zero-order chi connectivity index (χ0) is 25.6. The summed E-state index contributed by atoms with van der Waals surface area (Å²) < 4.78 is 38.9. The van der Waals surface area contributed by atoms with E-state index >= 15 is 0 Å². The second-order valence-electron chi connectivity index (χ2n) is 8.55. The van der Waals surface area contributed by atoms with Crippen LogP contribution in [-0.2, 0) is 28.0 Å². The van der Waals surface area contributed by atoms with Crippen molar-refractivity contribution in [2.24, 2.45) is 0 Å². The molecular formula is C25H31N3O6S. The van der Waals surface area contributed by atoms with E-state index in [4.69, 9.17) is 14.3 Å². The van der Waals surface area contributed by atoms with Crippen molar-refractivity contribution in [2.75, 3.05) is 27.2 Å². The molecule has 0 fully saturated rings. The van der Waals surface area contributed by atoms with E-state index in [-0.39, 0.29) is 12.5 Å². The number of carboxylic acids is 1. The minimum Gasteiger partial charge on any atom is -0.493 e. The first-order chi connectivity index (χ1) is 16.6. The second kappa shape index (κ2) is 11.5. The Morgan fingerprint density at radius 3 is 2.46 bits per heavy atom. The first kappa shape index (κ1) is 26.4. The van der Waals surface area contributed by atoms with Crippen LogP contribution < -0.4 is 4.74 Å². The lowest BCUT2D eigenvalue weighted by Crippen LogP contribution is -2.42. The van der Waals surface area contributed by atoms with Crippen molar-refractivity contribution in [3.05, 3.63) is 71.6 Å². The van der Waals surface area contributed by atoms with Crippen molar-refractivity contribution in [3.63, 3.8) is 0 Å². The molecule has 0 saturated heterocycles. The Morgan fingerprint density at radius 2 is 1.83 bits per heavy atom. The number of aliphatic carboxylic acids is 1. The van der Waals surface area contributed by atoms with Crippen LogP contribution in [-0.4, -0.2) is 60.3 Å². The Bertz CT molecular complexity index is 1240. The van der Waals surface area contributed by atoms with Crippen molar-refractivity contribution in [3.8, 4) is 17.2 Å². The zero-order valence-electron chi connectivity index (χ0n) is 20.3. The molecule has 1 N–H and O–H groups in total. The van der Waals surface area contributed by atoms with E-state index in [0.717, 1.165) is 25.6 Å². The average Bonchev–Trinajstić information content (AvgIpc) is 3.24. The molecule has 3 rings (SSSR count). The van der Waals surface area contributed by atoms with Gasteiger partial charge in [-0.25, -0.2) is 4.98 Å². The lowest BCUT2D eigenvalue weighted by molar-refractivity contribution is -0.137. The first-order valence-electron chi connectivity index (χ1n) is 11.2. The highest BCUT2D eigenvalue weighted by atomic mass is 32.2. The molecule has 2 aromatic carbocycles. The van der Waals surface area contributed by atoms with Gasteiger partial charge >= 0.3 is 5.97 Å². The Labute approximate surface area is 206 Å². The quantitative estimate of drug-likeness (QED) is 0.402. The number of benzene rings is 2. The topological polar surface area (TPSA) is 113 Å². The molecule has 9 nitrogen and oxygen atoms in total. The van der Waals surface area contributed by atoms with Gasteiger partial charge in [0.2, 0.25) is 5.89 Å². The molecule has 0 atom stereocenters. The zero-order valence-corrected chi connectivity index (χ0v) is 21.2. The molecule has 0 aliphatic heterocycles. The highest BCUT2D eigenvalue weighted by molar-refractivity contribution is 7.86. The summed E-state index contributed by atoms with van der Waals surface area (Å²) in [6, 6.07) is 16.7. The van der Waals surface area contributed by atoms with Gasteiger partial charge in [-0.05, 0) is 29.8 Å². The molecule has 188 valence electrons. The summed E-state index contributed by atoms with van der Waals surface area (Å²) in [7, 11) is -1.18. The van der Waals surface area contributed by atoms with Crippen LogP contribution in [0.5, 0.6) is 5.75 Å². The number of hydrogen-bond acceptors (Lipinski definition) is 6. The normalized spacial score (nSPS) is 12.0. The van der Waals surface area contributed by atoms with Crippen molar-refractivity contribution in [1.82, 2.24) is 13.6 Å². The minimum atomic E-state index is -3.91. The molecular weight excluding hydrogens is 470 g/mol. The Hall–Kier alpha value is -3.21. The van der Waals surface area contributed by atoms with Crippen LogP contribution >= 0.6 is 0 Å². The van der Waals surface area contributed by atoms with E-state index in [1.807, 2.05) is 44.2 Å². The van der Waals surface area contributed by atoms with Crippen LogP contribution in [0.3, 0.4) is 0 Å². The number of aromatic nitrogens is 1. The number of rotatable bonds is 12. The van der Waals surface area contributed by atoms with E-state index < -0.39 is 22.7 Å². The van der Waals surface area contributed by atoms with E-state index in [0.29, 0.717) is 30.2 Å². The predicted octanol–water partition coefficient (Wildman–Crippen LogP) is 3.78. The molecule has 0 saturated carbocycles. The third-order valence-electron chi connectivity index (χ3n) is 5.24. The van der Waals surface area contributed by atoms with Crippen LogP contribution in [0.4, 0.5) is 0 Å². The molecule has 35 heavy (non-hydrogen) atoms. The SMILES string of the molecule is CC(C)c1oc(-c2ccccc2)nc1CCOc1cccc(CN(CC(=O)O)S(=O)(=O)N(C)C)c1. The van der Waals surface area contributed by atoms with Crippen LogP contribution in [0.15, 0.2) is 59.0 Å². The molecule has 0 amide bonds. The van der Waals surface area contributed by atoms with E-state index in [1.54, 1.807) is 24.3 Å². The largest absolute Gasteiger partial charge is 0.493 e. The second-order valence-corrected chi connectivity index (χ2v) is 10.7. The van der Waals surface area contributed by atoms with Crippen molar-refractivity contribution in [1.29, 1.82) is 0 Å². The molecule has 0 aliphatic carbocycles. The van der Waals surface area contributed by atoms with Crippen LogP contribution in [0.25, 0.3) is 11.5 Å². The molecule has 1 heterocycles. The third-order valence-corrected chi connectivity index (χ3v) is 7.07. The molecule has 10 heteroatoms. The van der Waals surface area contributed by atoms with Crippen LogP contribution in [0, 0.1) is 0 Å². The number of carbonyl (C=O) groups is 1. The van der Waals surface area contributed by atoms with Gasteiger partial charge in [0.1, 0.15) is 18.1 Å². The Morgan fingerprint density at radius 1 is 1.11 bits per heavy atom. The van der Waals surface area contributed by atoms with Crippen molar-refractivity contribution in [2.45, 2.75) is 32.7 Å². The Balaban J connectivity index is 1.70. The van der Waals surface area contributed by atoms with Gasteiger partial charge in [-0.2, -0.15) is 17.0 Å². The van der Waals surface area contributed by atoms with Gasteiger partial charge in [0, 0.05) is 38.5 Å². The summed E-state index contributed by atoms with van der Waals surface area (Å²) in [6.45, 7) is 3.71. The van der Waals surface area contributed by atoms with E-state index in [9.17, 15) is 13.2 Å². The van der Waals surface area contributed by atoms with Crippen molar-refractivity contribution < 1.29 is 27.5 Å². The standard InChI is InChI=1S/C25H31N3O6S/c1-18(2)24-22(26-25(34-24)20-10-6-5-7-11-20)13-14-33-21-12-8-9-19(15-21)16-28(17-23(29)30)35(31,32)27(3)4/h5-12,15,18H,13-14,16-17H2,1-4H3,(H,29,30). The summed E-state index contributed by atoms with van der Waals surface area (Å²) in [5.74, 6) is 0.882. The molecule has 3 aromatic rings. The number of carboxylic acid groups (broad SMARTS) is 1. The minimum absolute atomic E-state index is 0.0920. The number of hydrogen-bond donors (Lipinski definition) is 1.